The molecule has 3 aliphatic carbocycles. The van der Waals surface area contributed by atoms with Gasteiger partial charge in [0.2, 0.25) is 17.7 Å². The molecular weight excluding hydrogens is 813 g/mol. The van der Waals surface area contributed by atoms with Crippen LogP contribution in [0.3, 0.4) is 0 Å². The summed E-state index contributed by atoms with van der Waals surface area (Å²) in [6.07, 6.45) is 11.3. The first-order chi connectivity index (χ1) is 29.4. The average molecular weight is 879 g/mol. The molecule has 0 unspecified atom stereocenters. The number of sulfonamides is 1. The lowest BCUT2D eigenvalue weighted by molar-refractivity contribution is -0.145. The van der Waals surface area contributed by atoms with Gasteiger partial charge >= 0.3 is 6.09 Å². The third-order valence-corrected chi connectivity index (χ3v) is 16.1. The normalized spacial score (nSPS) is 26.1. The van der Waals surface area contributed by atoms with Crippen LogP contribution in [0.2, 0.25) is 0 Å². The summed E-state index contributed by atoms with van der Waals surface area (Å²) in [5, 5.41) is 9.49. The number of rotatable bonds is 14. The molecule has 340 valence electrons. The Kier molecular flexibility index (Phi) is 13.2. The number of ether oxygens (including phenoxy) is 2. The molecule has 3 heterocycles. The number of carbonyl (C=O) groups excluding carboxylic acids is 5. The lowest BCUT2D eigenvalue weighted by Crippen LogP contribution is -2.62. The Hall–Kier alpha value is -4.44. The Bertz CT molecular complexity index is 2130. The number of para-hydroxylation sites is 1. The SMILES string of the molecule is C=C[C@@H]1C[C@]1(NC(=O)[C@@H]1C[C@H](C(C)(C)C2CCC2)CN1C(=O)[C@@H](NC(=O)[C@@H](NC(=O)OC1CCOCC1)C1CCCCC1)C(C)(C)C)C(=O)NS(=O)(=O)c1cccc2cc[nH]c12. The number of alkyl carbamates (subject to hydrolysis) is 1. The maximum atomic E-state index is 15.1. The summed E-state index contributed by atoms with van der Waals surface area (Å²) in [7, 11) is -4.37. The number of aromatic amines is 1. The summed E-state index contributed by atoms with van der Waals surface area (Å²) in [5.41, 5.74) is -2.31. The highest BCUT2D eigenvalue weighted by molar-refractivity contribution is 7.90. The van der Waals surface area contributed by atoms with Gasteiger partial charge in [0, 0.05) is 36.9 Å². The van der Waals surface area contributed by atoms with E-state index in [0.29, 0.717) is 49.3 Å². The quantitative estimate of drug-likeness (QED) is 0.153. The molecule has 1 aromatic heterocycles. The van der Waals surface area contributed by atoms with Gasteiger partial charge in [0.1, 0.15) is 34.7 Å². The van der Waals surface area contributed by atoms with E-state index in [2.05, 4.69) is 46.1 Å². The molecule has 2 saturated heterocycles. The maximum absolute atomic E-state index is 15.1. The molecule has 62 heavy (non-hydrogen) atoms. The van der Waals surface area contributed by atoms with E-state index in [1.165, 1.54) is 12.1 Å². The molecule has 1 aromatic carbocycles. The minimum Gasteiger partial charge on any atom is -0.446 e. The lowest BCUT2D eigenvalue weighted by atomic mass is 9.61. The topological polar surface area (TPSA) is 205 Å². The van der Waals surface area contributed by atoms with Gasteiger partial charge in [-0.15, -0.1) is 6.58 Å². The molecule has 2 aliphatic heterocycles. The van der Waals surface area contributed by atoms with E-state index < -0.39 is 74.7 Å². The molecule has 7 rings (SSSR count). The summed E-state index contributed by atoms with van der Waals surface area (Å²) in [6.45, 7) is 15.0. The monoisotopic (exact) mass is 878 g/mol. The Morgan fingerprint density at radius 2 is 1.65 bits per heavy atom. The molecule has 3 saturated carbocycles. The van der Waals surface area contributed by atoms with E-state index in [0.717, 1.165) is 51.4 Å². The van der Waals surface area contributed by atoms with Crippen LogP contribution in [0.5, 0.6) is 0 Å². The second-order valence-corrected chi connectivity index (χ2v) is 21.7. The first kappa shape index (κ1) is 45.6. The van der Waals surface area contributed by atoms with Crippen molar-refractivity contribution < 1.29 is 41.9 Å². The van der Waals surface area contributed by atoms with Crippen LogP contribution in [0.15, 0.2) is 48.0 Å². The summed E-state index contributed by atoms with van der Waals surface area (Å²) in [6, 6.07) is 3.43. The summed E-state index contributed by atoms with van der Waals surface area (Å²) >= 11 is 0. The van der Waals surface area contributed by atoms with Crippen LogP contribution < -0.4 is 20.7 Å². The van der Waals surface area contributed by atoms with Crippen LogP contribution >= 0.6 is 0 Å². The highest BCUT2D eigenvalue weighted by Gasteiger charge is 2.62. The lowest BCUT2D eigenvalue weighted by Gasteiger charge is -2.44. The van der Waals surface area contributed by atoms with Crippen molar-refractivity contribution in [2.45, 2.75) is 146 Å². The van der Waals surface area contributed by atoms with Crippen molar-refractivity contribution >= 4 is 50.6 Å². The fraction of sp³-hybridized carbons (Fsp3) is 0.674. The number of likely N-dealkylation sites (tertiary alicyclic amines) is 1. The van der Waals surface area contributed by atoms with Gasteiger partial charge in [-0.1, -0.05) is 78.5 Å². The predicted molar refractivity (Wildman–Crippen MR) is 233 cm³/mol. The number of nitrogens with zero attached hydrogens (tertiary/aromatic N) is 1. The van der Waals surface area contributed by atoms with E-state index in [1.54, 1.807) is 29.3 Å². The van der Waals surface area contributed by atoms with Gasteiger partial charge < -0.3 is 35.3 Å². The smallest absolute Gasteiger partial charge is 0.408 e. The van der Waals surface area contributed by atoms with Gasteiger partial charge in [0.05, 0.1) is 18.7 Å². The minimum absolute atomic E-state index is 0.0822. The van der Waals surface area contributed by atoms with Gasteiger partial charge in [0.15, 0.2) is 0 Å². The van der Waals surface area contributed by atoms with Gasteiger partial charge in [-0.25, -0.2) is 17.9 Å². The predicted octanol–water partition coefficient (Wildman–Crippen LogP) is 5.46. The van der Waals surface area contributed by atoms with E-state index in [4.69, 9.17) is 9.47 Å². The van der Waals surface area contributed by atoms with Crippen LogP contribution in [-0.4, -0.2) is 97.6 Å². The van der Waals surface area contributed by atoms with Crippen molar-refractivity contribution in [1.82, 2.24) is 30.6 Å². The average Bonchev–Trinajstić information content (AvgIpc) is 3.48. The third-order valence-electron chi connectivity index (χ3n) is 14.7. The van der Waals surface area contributed by atoms with E-state index in [1.807, 2.05) is 20.8 Å². The Morgan fingerprint density at radius 1 is 0.935 bits per heavy atom. The summed E-state index contributed by atoms with van der Waals surface area (Å²) in [4.78, 5) is 76.1. The van der Waals surface area contributed by atoms with Crippen molar-refractivity contribution in [1.29, 1.82) is 0 Å². The van der Waals surface area contributed by atoms with Crippen molar-refractivity contribution in [3.05, 3.63) is 43.1 Å². The molecule has 0 spiro atoms. The number of benzene rings is 1. The fourth-order valence-corrected chi connectivity index (χ4v) is 11.5. The molecule has 15 nitrogen and oxygen atoms in total. The number of fused-ring (bicyclic) bond motifs is 1. The summed E-state index contributed by atoms with van der Waals surface area (Å²) < 4.78 is 40.8. The number of aromatic nitrogens is 1. The Balaban J connectivity index is 1.13. The molecule has 5 aliphatic rings. The zero-order chi connectivity index (χ0) is 44.6. The van der Waals surface area contributed by atoms with Crippen LogP contribution in [0.1, 0.15) is 112 Å². The number of hydrogen-bond donors (Lipinski definition) is 5. The Labute approximate surface area is 365 Å². The Morgan fingerprint density at radius 3 is 2.27 bits per heavy atom. The molecule has 5 amide bonds. The van der Waals surface area contributed by atoms with Crippen molar-refractivity contribution in [2.24, 2.45) is 34.5 Å². The van der Waals surface area contributed by atoms with E-state index >= 15 is 4.79 Å². The van der Waals surface area contributed by atoms with Gasteiger partial charge in [-0.3, -0.25) is 19.2 Å². The standard InChI is InChI=1S/C46H66N6O9S/c1-7-30-26-46(30,42(56)51-62(58,59)35-18-11-15-29-19-22-47-36(29)35)50-39(53)34-25-32(45(5,6)31-16-12-17-31)27-52(34)41(55)38(44(2,3)4)49-40(54)37(28-13-9-8-10-14-28)48-43(57)61-33-20-23-60-24-21-33/h7,11,15,18-19,22,28,30-34,37-38,47H,1,8-10,12-14,16-17,20-21,23-27H2,2-6H3,(H,48,57)(H,49,54)(H,50,53)(H,51,56)/t30-,32+,34+,37+,38-,46-/m1/s1. The van der Waals surface area contributed by atoms with Crippen LogP contribution in [-0.2, 0) is 38.7 Å². The zero-order valence-electron chi connectivity index (χ0n) is 36.9. The summed E-state index contributed by atoms with van der Waals surface area (Å²) in [5.74, 6) is -2.78. The minimum atomic E-state index is -4.37. The van der Waals surface area contributed by atoms with E-state index in [-0.39, 0.29) is 41.2 Å². The first-order valence-electron chi connectivity index (χ1n) is 22.6. The van der Waals surface area contributed by atoms with E-state index in [9.17, 15) is 27.6 Å². The van der Waals surface area contributed by atoms with Crippen LogP contribution in [0.25, 0.3) is 10.9 Å². The second kappa shape index (κ2) is 18.0. The van der Waals surface area contributed by atoms with Gasteiger partial charge in [-0.05, 0) is 79.2 Å². The van der Waals surface area contributed by atoms with Crippen molar-refractivity contribution in [3.63, 3.8) is 0 Å². The molecule has 16 heteroatoms. The molecule has 6 atom stereocenters. The number of nitrogens with one attached hydrogen (secondary N) is 5. The number of carbonyl (C=O) groups is 5. The van der Waals surface area contributed by atoms with Crippen LogP contribution in [0.4, 0.5) is 4.79 Å². The number of hydrogen-bond acceptors (Lipinski definition) is 9. The number of H-pyrrole nitrogens is 1. The highest BCUT2D eigenvalue weighted by Crippen LogP contribution is 2.51. The van der Waals surface area contributed by atoms with Gasteiger partial charge in [-0.2, -0.15) is 0 Å². The first-order valence-corrected chi connectivity index (χ1v) is 24.1. The largest absolute Gasteiger partial charge is 0.446 e. The molecule has 0 bridgehead atoms. The second-order valence-electron chi connectivity index (χ2n) is 20.1. The van der Waals surface area contributed by atoms with Crippen molar-refractivity contribution in [2.75, 3.05) is 19.8 Å². The molecule has 5 fully saturated rings. The fourth-order valence-electron chi connectivity index (χ4n) is 10.3. The third kappa shape index (κ3) is 9.41. The molecule has 0 radical (unpaired) electrons. The maximum Gasteiger partial charge on any atom is 0.408 e. The molecule has 2 aromatic rings. The van der Waals surface area contributed by atoms with Gasteiger partial charge in [0.25, 0.3) is 15.9 Å². The van der Waals surface area contributed by atoms with Crippen molar-refractivity contribution in [3.8, 4) is 0 Å². The molecular formula is C46H66N6O9S. The number of amides is 5. The zero-order valence-corrected chi connectivity index (χ0v) is 37.7. The van der Waals surface area contributed by atoms with Crippen LogP contribution in [0, 0.1) is 34.5 Å². The highest BCUT2D eigenvalue weighted by atomic mass is 32.2. The molecule has 5 N–H and O–H groups in total.